The smallest absolute Gasteiger partial charge is 0.0224 e. The molecule has 0 aliphatic carbocycles. The molecule has 0 spiro atoms. The van der Waals surface area contributed by atoms with E-state index in [0.29, 0.717) is 12.6 Å². The third-order valence-corrected chi connectivity index (χ3v) is 3.78. The SMILES string of the molecule is C=C(CN)CN1CC2CCCN2CC1C. The van der Waals surface area contributed by atoms with Gasteiger partial charge in [-0.15, -0.1) is 0 Å². The lowest BCUT2D eigenvalue weighted by atomic mass is 10.1. The minimum Gasteiger partial charge on any atom is -0.327 e. The van der Waals surface area contributed by atoms with Crippen molar-refractivity contribution in [1.82, 2.24) is 9.80 Å². The van der Waals surface area contributed by atoms with Gasteiger partial charge in [0.1, 0.15) is 0 Å². The Morgan fingerprint density at radius 1 is 1.47 bits per heavy atom. The van der Waals surface area contributed by atoms with Gasteiger partial charge in [-0.1, -0.05) is 6.58 Å². The maximum Gasteiger partial charge on any atom is 0.0224 e. The minimum absolute atomic E-state index is 0.623. The second kappa shape index (κ2) is 4.64. The molecule has 2 saturated heterocycles. The molecule has 15 heavy (non-hydrogen) atoms. The van der Waals surface area contributed by atoms with Crippen molar-refractivity contribution in [3.05, 3.63) is 12.2 Å². The summed E-state index contributed by atoms with van der Waals surface area (Å²) in [6.07, 6.45) is 2.75. The highest BCUT2D eigenvalue weighted by Gasteiger charge is 2.33. The van der Waals surface area contributed by atoms with Crippen molar-refractivity contribution in [1.29, 1.82) is 0 Å². The standard InChI is InChI=1S/C12H23N3/c1-10(6-13)7-15-9-12-4-3-5-14(12)8-11(15)2/h11-12H,1,3-9,13H2,2H3. The topological polar surface area (TPSA) is 32.5 Å². The molecule has 0 aromatic rings. The highest BCUT2D eigenvalue weighted by molar-refractivity contribution is 5.02. The average Bonchev–Trinajstić information content (AvgIpc) is 2.65. The van der Waals surface area contributed by atoms with Gasteiger partial charge in [-0.3, -0.25) is 9.80 Å². The lowest BCUT2D eigenvalue weighted by Crippen LogP contribution is -2.55. The first-order valence-electron chi connectivity index (χ1n) is 6.05. The Labute approximate surface area is 92.9 Å². The first-order valence-corrected chi connectivity index (χ1v) is 6.05. The van der Waals surface area contributed by atoms with Crippen LogP contribution < -0.4 is 5.73 Å². The Hall–Kier alpha value is -0.380. The van der Waals surface area contributed by atoms with Crippen LogP contribution in [-0.2, 0) is 0 Å². The number of hydrogen-bond donors (Lipinski definition) is 1. The van der Waals surface area contributed by atoms with Gasteiger partial charge in [0, 0.05) is 38.3 Å². The Balaban J connectivity index is 1.92. The maximum atomic E-state index is 5.60. The Morgan fingerprint density at radius 3 is 3.00 bits per heavy atom. The monoisotopic (exact) mass is 209 g/mol. The van der Waals surface area contributed by atoms with Crippen LogP contribution in [0.25, 0.3) is 0 Å². The average molecular weight is 209 g/mol. The van der Waals surface area contributed by atoms with Gasteiger partial charge in [0.05, 0.1) is 0 Å². The second-order valence-corrected chi connectivity index (χ2v) is 5.02. The van der Waals surface area contributed by atoms with Crippen molar-refractivity contribution < 1.29 is 0 Å². The third-order valence-electron chi connectivity index (χ3n) is 3.78. The largest absolute Gasteiger partial charge is 0.327 e. The molecule has 0 aromatic carbocycles. The summed E-state index contributed by atoms with van der Waals surface area (Å²) < 4.78 is 0. The summed E-state index contributed by atoms with van der Waals surface area (Å²) in [7, 11) is 0. The van der Waals surface area contributed by atoms with Crippen LogP contribution in [0.2, 0.25) is 0 Å². The molecular formula is C12H23N3. The third kappa shape index (κ3) is 2.41. The van der Waals surface area contributed by atoms with Gasteiger partial charge in [0.15, 0.2) is 0 Å². The van der Waals surface area contributed by atoms with E-state index >= 15 is 0 Å². The van der Waals surface area contributed by atoms with Gasteiger partial charge in [0.2, 0.25) is 0 Å². The van der Waals surface area contributed by atoms with Crippen LogP contribution in [0.15, 0.2) is 12.2 Å². The molecule has 2 aliphatic rings. The van der Waals surface area contributed by atoms with Crippen LogP contribution in [0, 0.1) is 0 Å². The second-order valence-electron chi connectivity index (χ2n) is 5.02. The van der Waals surface area contributed by atoms with Crippen molar-refractivity contribution in [3.8, 4) is 0 Å². The molecular weight excluding hydrogens is 186 g/mol. The number of fused-ring (bicyclic) bond motifs is 1. The maximum absolute atomic E-state index is 5.60. The van der Waals surface area contributed by atoms with Gasteiger partial charge >= 0.3 is 0 Å². The lowest BCUT2D eigenvalue weighted by Gasteiger charge is -2.42. The predicted molar refractivity (Wildman–Crippen MR) is 63.8 cm³/mol. The summed E-state index contributed by atoms with van der Waals surface area (Å²) >= 11 is 0. The highest BCUT2D eigenvalue weighted by atomic mass is 15.3. The van der Waals surface area contributed by atoms with E-state index in [-0.39, 0.29) is 0 Å². The number of nitrogens with two attached hydrogens (primary N) is 1. The van der Waals surface area contributed by atoms with Crippen LogP contribution in [0.5, 0.6) is 0 Å². The van der Waals surface area contributed by atoms with E-state index in [4.69, 9.17) is 5.73 Å². The fraction of sp³-hybridized carbons (Fsp3) is 0.833. The molecule has 2 fully saturated rings. The van der Waals surface area contributed by atoms with Gasteiger partial charge in [-0.2, -0.15) is 0 Å². The van der Waals surface area contributed by atoms with Crippen LogP contribution in [0.4, 0.5) is 0 Å². The van der Waals surface area contributed by atoms with Crippen molar-refractivity contribution in [2.24, 2.45) is 5.73 Å². The van der Waals surface area contributed by atoms with E-state index in [1.807, 2.05) is 0 Å². The molecule has 2 rings (SSSR count). The van der Waals surface area contributed by atoms with Crippen molar-refractivity contribution in [2.75, 3.05) is 32.7 Å². The zero-order valence-corrected chi connectivity index (χ0v) is 9.78. The zero-order chi connectivity index (χ0) is 10.8. The normalized spacial score (nSPS) is 32.9. The van der Waals surface area contributed by atoms with Crippen molar-refractivity contribution >= 4 is 0 Å². The quantitative estimate of drug-likeness (QED) is 0.693. The number of nitrogens with zero attached hydrogens (tertiary/aromatic N) is 2. The Kier molecular flexibility index (Phi) is 3.44. The molecule has 2 N–H and O–H groups in total. The molecule has 2 unspecified atom stereocenters. The van der Waals surface area contributed by atoms with E-state index in [1.165, 1.54) is 32.5 Å². The summed E-state index contributed by atoms with van der Waals surface area (Å²) in [4.78, 5) is 5.19. The van der Waals surface area contributed by atoms with Crippen LogP contribution in [0.1, 0.15) is 19.8 Å². The summed E-state index contributed by atoms with van der Waals surface area (Å²) in [5, 5.41) is 0. The summed E-state index contributed by atoms with van der Waals surface area (Å²) in [5.41, 5.74) is 6.77. The van der Waals surface area contributed by atoms with Gasteiger partial charge in [-0.05, 0) is 31.9 Å². The molecule has 2 atom stereocenters. The molecule has 0 amide bonds. The van der Waals surface area contributed by atoms with E-state index in [9.17, 15) is 0 Å². The van der Waals surface area contributed by atoms with E-state index in [2.05, 4.69) is 23.3 Å². The molecule has 0 radical (unpaired) electrons. The Morgan fingerprint density at radius 2 is 2.27 bits per heavy atom. The molecule has 0 saturated carbocycles. The first-order chi connectivity index (χ1) is 7.20. The van der Waals surface area contributed by atoms with Gasteiger partial charge in [0.25, 0.3) is 0 Å². The van der Waals surface area contributed by atoms with E-state index in [1.54, 1.807) is 0 Å². The van der Waals surface area contributed by atoms with Crippen LogP contribution >= 0.6 is 0 Å². The minimum atomic E-state index is 0.623. The summed E-state index contributed by atoms with van der Waals surface area (Å²) in [5.74, 6) is 0. The zero-order valence-electron chi connectivity index (χ0n) is 9.78. The summed E-state index contributed by atoms with van der Waals surface area (Å²) in [6, 6.07) is 1.45. The molecule has 2 heterocycles. The number of piperazine rings is 1. The van der Waals surface area contributed by atoms with E-state index in [0.717, 1.165) is 18.2 Å². The van der Waals surface area contributed by atoms with Gasteiger partial charge < -0.3 is 5.73 Å². The van der Waals surface area contributed by atoms with Gasteiger partial charge in [-0.25, -0.2) is 0 Å². The van der Waals surface area contributed by atoms with E-state index < -0.39 is 0 Å². The molecule has 0 aromatic heterocycles. The number of rotatable bonds is 3. The Bertz CT molecular complexity index is 239. The highest BCUT2D eigenvalue weighted by Crippen LogP contribution is 2.24. The van der Waals surface area contributed by atoms with Crippen molar-refractivity contribution in [2.45, 2.75) is 31.8 Å². The molecule has 86 valence electrons. The predicted octanol–water partition coefficient (Wildman–Crippen LogP) is 0.670. The molecule has 2 aliphatic heterocycles. The first kappa shape index (κ1) is 11.1. The molecule has 3 nitrogen and oxygen atoms in total. The fourth-order valence-electron chi connectivity index (χ4n) is 2.82. The van der Waals surface area contributed by atoms with Crippen LogP contribution in [0.3, 0.4) is 0 Å². The molecule has 3 heteroatoms. The fourth-order valence-corrected chi connectivity index (χ4v) is 2.82. The lowest BCUT2D eigenvalue weighted by molar-refractivity contribution is 0.0665. The molecule has 0 bridgehead atoms. The van der Waals surface area contributed by atoms with Crippen molar-refractivity contribution in [3.63, 3.8) is 0 Å². The number of hydrogen-bond acceptors (Lipinski definition) is 3. The van der Waals surface area contributed by atoms with Crippen LogP contribution in [-0.4, -0.2) is 54.6 Å². The summed E-state index contributed by atoms with van der Waals surface area (Å²) in [6.45, 7) is 11.7.